The highest BCUT2D eigenvalue weighted by Crippen LogP contribution is 2.28. The van der Waals surface area contributed by atoms with Gasteiger partial charge in [0, 0.05) is 12.6 Å². The van der Waals surface area contributed by atoms with Crippen LogP contribution in [-0.2, 0) is 6.54 Å². The molecule has 100 valence electrons. The molecule has 0 radical (unpaired) electrons. The minimum atomic E-state index is 0.670. The third-order valence-electron chi connectivity index (χ3n) is 4.47. The van der Waals surface area contributed by atoms with Crippen molar-refractivity contribution in [3.8, 4) is 0 Å². The lowest BCUT2D eigenvalue weighted by Gasteiger charge is -2.36. The molecule has 4 rings (SSSR count). The van der Waals surface area contributed by atoms with Crippen LogP contribution in [0.5, 0.6) is 0 Å². The molecule has 1 aromatic carbocycles. The maximum atomic E-state index is 5.85. The van der Waals surface area contributed by atoms with Crippen LogP contribution in [0.3, 0.4) is 0 Å². The number of likely N-dealkylation sites (tertiary alicyclic amines) is 1. The van der Waals surface area contributed by atoms with Gasteiger partial charge in [-0.15, -0.1) is 0 Å². The van der Waals surface area contributed by atoms with Crippen LogP contribution in [-0.4, -0.2) is 35.6 Å². The van der Waals surface area contributed by atoms with Crippen LogP contribution >= 0.6 is 0 Å². The Labute approximate surface area is 112 Å². The molecule has 2 aliphatic heterocycles. The first-order valence-corrected chi connectivity index (χ1v) is 7.19. The first kappa shape index (κ1) is 11.4. The number of nitrogens with one attached hydrogen (secondary N) is 1. The van der Waals surface area contributed by atoms with Crippen molar-refractivity contribution in [2.24, 2.45) is 5.92 Å². The molecule has 2 saturated heterocycles. The number of benzene rings is 1. The summed E-state index contributed by atoms with van der Waals surface area (Å²) in [6.45, 7) is 4.30. The van der Waals surface area contributed by atoms with Crippen LogP contribution in [0.25, 0.3) is 11.1 Å². The van der Waals surface area contributed by atoms with Crippen LogP contribution in [0.4, 0.5) is 0 Å². The number of rotatable bonds is 2. The number of fused-ring (bicyclic) bond motifs is 2. The Morgan fingerprint density at radius 1 is 1.32 bits per heavy atom. The molecule has 4 nitrogen and oxygen atoms in total. The molecule has 0 spiro atoms. The van der Waals surface area contributed by atoms with E-state index in [1.165, 1.54) is 25.9 Å². The number of hydrogen-bond donors (Lipinski definition) is 1. The van der Waals surface area contributed by atoms with Gasteiger partial charge in [0.05, 0.1) is 6.54 Å². The molecule has 2 aromatic rings. The molecule has 4 heteroatoms. The van der Waals surface area contributed by atoms with E-state index in [1.807, 2.05) is 24.3 Å². The summed E-state index contributed by atoms with van der Waals surface area (Å²) < 4.78 is 5.85. The summed E-state index contributed by atoms with van der Waals surface area (Å²) in [5.74, 6) is 1.67. The average Bonchev–Trinajstić information content (AvgIpc) is 3.04. The van der Waals surface area contributed by atoms with E-state index in [-0.39, 0.29) is 0 Å². The number of nitrogens with zero attached hydrogens (tertiary/aromatic N) is 2. The molecule has 1 N–H and O–H groups in total. The van der Waals surface area contributed by atoms with Crippen LogP contribution in [0.2, 0.25) is 0 Å². The van der Waals surface area contributed by atoms with Gasteiger partial charge in [0.15, 0.2) is 5.58 Å². The van der Waals surface area contributed by atoms with Crippen molar-refractivity contribution in [3.63, 3.8) is 0 Å². The van der Waals surface area contributed by atoms with Crippen molar-refractivity contribution in [3.05, 3.63) is 30.2 Å². The lowest BCUT2D eigenvalue weighted by molar-refractivity contribution is 0.108. The summed E-state index contributed by atoms with van der Waals surface area (Å²) in [4.78, 5) is 7.13. The molecular formula is C15H19N3O. The van der Waals surface area contributed by atoms with Gasteiger partial charge in [-0.1, -0.05) is 12.1 Å². The molecule has 3 heterocycles. The smallest absolute Gasteiger partial charge is 0.209 e. The summed E-state index contributed by atoms with van der Waals surface area (Å²) >= 11 is 0. The van der Waals surface area contributed by atoms with E-state index in [9.17, 15) is 0 Å². The van der Waals surface area contributed by atoms with Gasteiger partial charge in [-0.3, -0.25) is 4.90 Å². The Balaban J connectivity index is 1.56. The predicted octanol–water partition coefficient (Wildman–Crippen LogP) is 2.01. The van der Waals surface area contributed by atoms with Crippen LogP contribution in [0, 0.1) is 5.92 Å². The first-order valence-electron chi connectivity index (χ1n) is 7.19. The molecule has 0 amide bonds. The third kappa shape index (κ3) is 2.05. The minimum Gasteiger partial charge on any atom is -0.439 e. The standard InChI is InChI=1S/C15H19N3O/c1-2-6-14-12(5-1)17-15(19-14)10-18-7-3-4-11-8-16-9-13(11)18/h1-2,5-6,11,13,16H,3-4,7-10H2. The number of aromatic nitrogens is 1. The number of para-hydroxylation sites is 2. The third-order valence-corrected chi connectivity index (χ3v) is 4.47. The number of oxazole rings is 1. The maximum Gasteiger partial charge on any atom is 0.209 e. The highest BCUT2D eigenvalue weighted by molar-refractivity contribution is 5.72. The zero-order chi connectivity index (χ0) is 12.7. The molecule has 0 bridgehead atoms. The summed E-state index contributed by atoms with van der Waals surface area (Å²) in [6, 6.07) is 8.67. The van der Waals surface area contributed by atoms with E-state index in [0.29, 0.717) is 6.04 Å². The SMILES string of the molecule is c1ccc2oc(CN3CCCC4CNCC43)nc2c1. The van der Waals surface area contributed by atoms with Crippen molar-refractivity contribution in [1.82, 2.24) is 15.2 Å². The first-order chi connectivity index (χ1) is 9.40. The zero-order valence-corrected chi connectivity index (χ0v) is 11.0. The maximum absolute atomic E-state index is 5.85. The fourth-order valence-electron chi connectivity index (χ4n) is 3.52. The Bertz CT molecular complexity index is 547. The molecular weight excluding hydrogens is 238 g/mol. The number of hydrogen-bond acceptors (Lipinski definition) is 4. The summed E-state index contributed by atoms with van der Waals surface area (Å²) in [7, 11) is 0. The van der Waals surface area contributed by atoms with Crippen LogP contribution in [0.15, 0.2) is 28.7 Å². The van der Waals surface area contributed by atoms with E-state index in [4.69, 9.17) is 4.42 Å². The Morgan fingerprint density at radius 3 is 3.21 bits per heavy atom. The lowest BCUT2D eigenvalue weighted by Crippen LogP contribution is -2.44. The summed E-state index contributed by atoms with van der Waals surface area (Å²) in [6.07, 6.45) is 2.66. The van der Waals surface area contributed by atoms with Gasteiger partial charge in [-0.25, -0.2) is 4.98 Å². The van der Waals surface area contributed by atoms with E-state index in [2.05, 4.69) is 15.2 Å². The van der Waals surface area contributed by atoms with Crippen molar-refractivity contribution < 1.29 is 4.42 Å². The monoisotopic (exact) mass is 257 g/mol. The fraction of sp³-hybridized carbons (Fsp3) is 0.533. The Kier molecular flexibility index (Phi) is 2.78. The topological polar surface area (TPSA) is 41.3 Å². The molecule has 2 fully saturated rings. The molecule has 2 atom stereocenters. The highest BCUT2D eigenvalue weighted by Gasteiger charge is 2.35. The number of piperidine rings is 1. The largest absolute Gasteiger partial charge is 0.439 e. The van der Waals surface area contributed by atoms with Crippen molar-refractivity contribution >= 4 is 11.1 Å². The van der Waals surface area contributed by atoms with Gasteiger partial charge in [0.2, 0.25) is 5.89 Å². The second-order valence-corrected chi connectivity index (χ2v) is 5.67. The zero-order valence-electron chi connectivity index (χ0n) is 11.0. The van der Waals surface area contributed by atoms with Crippen LogP contribution < -0.4 is 5.32 Å². The van der Waals surface area contributed by atoms with E-state index >= 15 is 0 Å². The molecule has 0 saturated carbocycles. The highest BCUT2D eigenvalue weighted by atomic mass is 16.3. The Hall–Kier alpha value is -1.39. The van der Waals surface area contributed by atoms with E-state index in [0.717, 1.165) is 36.0 Å². The van der Waals surface area contributed by atoms with Crippen LogP contribution in [0.1, 0.15) is 18.7 Å². The van der Waals surface area contributed by atoms with Crippen molar-refractivity contribution in [2.75, 3.05) is 19.6 Å². The normalized spacial score (nSPS) is 27.8. The fourth-order valence-corrected chi connectivity index (χ4v) is 3.52. The van der Waals surface area contributed by atoms with Crippen molar-refractivity contribution in [2.45, 2.75) is 25.4 Å². The second-order valence-electron chi connectivity index (χ2n) is 5.67. The second kappa shape index (κ2) is 4.62. The van der Waals surface area contributed by atoms with Gasteiger partial charge in [-0.2, -0.15) is 0 Å². The molecule has 19 heavy (non-hydrogen) atoms. The van der Waals surface area contributed by atoms with Gasteiger partial charge in [0.1, 0.15) is 5.52 Å². The van der Waals surface area contributed by atoms with Gasteiger partial charge >= 0.3 is 0 Å². The minimum absolute atomic E-state index is 0.670. The Morgan fingerprint density at radius 2 is 2.26 bits per heavy atom. The van der Waals surface area contributed by atoms with E-state index in [1.54, 1.807) is 0 Å². The van der Waals surface area contributed by atoms with Crippen molar-refractivity contribution in [1.29, 1.82) is 0 Å². The molecule has 2 aliphatic rings. The summed E-state index contributed by atoms with van der Waals surface area (Å²) in [5, 5.41) is 3.51. The molecule has 0 aliphatic carbocycles. The van der Waals surface area contributed by atoms with Gasteiger partial charge < -0.3 is 9.73 Å². The molecule has 2 unspecified atom stereocenters. The summed E-state index contributed by atoms with van der Waals surface area (Å²) in [5.41, 5.74) is 1.87. The average molecular weight is 257 g/mol. The van der Waals surface area contributed by atoms with E-state index < -0.39 is 0 Å². The quantitative estimate of drug-likeness (QED) is 0.893. The predicted molar refractivity (Wildman–Crippen MR) is 73.8 cm³/mol. The van der Waals surface area contributed by atoms with Gasteiger partial charge in [-0.05, 0) is 44.0 Å². The molecule has 1 aromatic heterocycles. The van der Waals surface area contributed by atoms with Gasteiger partial charge in [0.25, 0.3) is 0 Å². The lowest BCUT2D eigenvalue weighted by atomic mass is 9.92.